The summed E-state index contributed by atoms with van der Waals surface area (Å²) in [6, 6.07) is 6.65. The number of hydrogen-bond acceptors (Lipinski definition) is 5. The number of carbonyl (C=O) groups excluding carboxylic acids is 1. The highest BCUT2D eigenvalue weighted by Crippen LogP contribution is 2.41. The van der Waals surface area contributed by atoms with Crippen LogP contribution in [-0.4, -0.2) is 80.7 Å². The zero-order valence-electron chi connectivity index (χ0n) is 19.5. The molecule has 9 heteroatoms. The van der Waals surface area contributed by atoms with Crippen LogP contribution in [0.5, 0.6) is 0 Å². The van der Waals surface area contributed by atoms with Gasteiger partial charge in [-0.3, -0.25) is 4.90 Å². The molecule has 0 aromatic heterocycles. The average Bonchev–Trinajstić information content (AvgIpc) is 3.17. The number of carbonyl (C=O) groups is 1. The van der Waals surface area contributed by atoms with Gasteiger partial charge in [0.2, 0.25) is 0 Å². The third-order valence-corrected chi connectivity index (χ3v) is 7.32. The summed E-state index contributed by atoms with van der Waals surface area (Å²) >= 11 is 0. The van der Waals surface area contributed by atoms with Crippen LogP contribution in [-0.2, 0) is 16.0 Å². The van der Waals surface area contributed by atoms with Crippen molar-refractivity contribution in [1.29, 1.82) is 0 Å². The van der Waals surface area contributed by atoms with Gasteiger partial charge in [-0.1, -0.05) is 12.1 Å². The van der Waals surface area contributed by atoms with Crippen LogP contribution in [0.4, 0.5) is 23.7 Å². The third-order valence-electron chi connectivity index (χ3n) is 7.32. The Kier molecular flexibility index (Phi) is 7.09. The number of rotatable bonds is 4. The Balaban J connectivity index is 1.33. The quantitative estimate of drug-likeness (QED) is 0.661. The topological polar surface area (TPSA) is 45.2 Å². The van der Waals surface area contributed by atoms with E-state index in [1.807, 2.05) is 0 Å². The summed E-state index contributed by atoms with van der Waals surface area (Å²) in [4.78, 5) is 18.5. The smallest absolute Gasteiger partial charge is 0.425 e. The first-order chi connectivity index (χ1) is 15.7. The number of aryl methyl sites for hydroxylation is 1. The molecule has 4 rings (SSSR count). The summed E-state index contributed by atoms with van der Waals surface area (Å²) in [6.45, 7) is 10.0. The van der Waals surface area contributed by atoms with Gasteiger partial charge in [0.15, 0.2) is 6.10 Å². The van der Waals surface area contributed by atoms with E-state index in [-0.39, 0.29) is 5.41 Å². The lowest BCUT2D eigenvalue weighted by Crippen LogP contribution is -2.46. The molecule has 1 spiro atoms. The van der Waals surface area contributed by atoms with Gasteiger partial charge in [0.05, 0.1) is 13.2 Å². The van der Waals surface area contributed by atoms with Gasteiger partial charge >= 0.3 is 12.3 Å². The van der Waals surface area contributed by atoms with Crippen LogP contribution in [0.1, 0.15) is 37.3 Å². The molecular formula is C24H34F3N3O3. The number of nitrogens with zero attached hydrogens (tertiary/aromatic N) is 3. The Labute approximate surface area is 193 Å². The van der Waals surface area contributed by atoms with Crippen molar-refractivity contribution >= 4 is 11.8 Å². The van der Waals surface area contributed by atoms with E-state index in [2.05, 4.69) is 39.7 Å². The van der Waals surface area contributed by atoms with Gasteiger partial charge in [0.25, 0.3) is 0 Å². The molecule has 6 nitrogen and oxygen atoms in total. The molecule has 1 aromatic carbocycles. The molecular weight excluding hydrogens is 435 g/mol. The molecule has 0 aliphatic carbocycles. The molecule has 3 aliphatic rings. The monoisotopic (exact) mass is 469 g/mol. The van der Waals surface area contributed by atoms with Gasteiger partial charge in [-0.2, -0.15) is 13.2 Å². The molecule has 184 valence electrons. The molecule has 1 amide bonds. The van der Waals surface area contributed by atoms with E-state index in [0.717, 1.165) is 72.1 Å². The minimum Gasteiger partial charge on any atom is -0.437 e. The standard InChI is InChI=1S/C24H34F3N3O3/c1-18-3-4-20(21(15-18)29-11-13-32-14-12-29)16-28-8-5-23(17-28)6-9-30(10-7-23)22(31)33-19(2)24(25,26)27/h3-4,15,19H,5-14,16-17H2,1-2H3. The summed E-state index contributed by atoms with van der Waals surface area (Å²) in [7, 11) is 0. The number of amides is 1. The first kappa shape index (κ1) is 24.1. The maximum atomic E-state index is 12.7. The second-order valence-electron chi connectivity index (χ2n) is 9.75. The number of halogens is 3. The van der Waals surface area contributed by atoms with Gasteiger partial charge in [-0.15, -0.1) is 0 Å². The van der Waals surface area contributed by atoms with Crippen LogP contribution in [0.15, 0.2) is 18.2 Å². The highest BCUT2D eigenvalue weighted by molar-refractivity contribution is 5.68. The first-order valence-electron chi connectivity index (χ1n) is 11.8. The van der Waals surface area contributed by atoms with E-state index < -0.39 is 18.4 Å². The van der Waals surface area contributed by atoms with Crippen molar-refractivity contribution < 1.29 is 27.4 Å². The predicted molar refractivity (Wildman–Crippen MR) is 119 cm³/mol. The molecule has 1 aromatic rings. The Hall–Kier alpha value is -2.00. The van der Waals surface area contributed by atoms with Crippen molar-refractivity contribution in [3.63, 3.8) is 0 Å². The first-order valence-corrected chi connectivity index (χ1v) is 11.8. The second-order valence-corrected chi connectivity index (χ2v) is 9.75. The van der Waals surface area contributed by atoms with Crippen LogP contribution in [0.3, 0.4) is 0 Å². The maximum Gasteiger partial charge on any atom is 0.425 e. The van der Waals surface area contributed by atoms with E-state index in [4.69, 9.17) is 4.74 Å². The molecule has 3 saturated heterocycles. The average molecular weight is 470 g/mol. The second kappa shape index (κ2) is 9.70. The van der Waals surface area contributed by atoms with Crippen LogP contribution in [0.2, 0.25) is 0 Å². The van der Waals surface area contributed by atoms with Crippen LogP contribution in [0.25, 0.3) is 0 Å². The summed E-state index contributed by atoms with van der Waals surface area (Å²) in [6.07, 6.45) is -4.84. The Morgan fingerprint density at radius 3 is 2.45 bits per heavy atom. The van der Waals surface area contributed by atoms with E-state index in [1.165, 1.54) is 21.7 Å². The van der Waals surface area contributed by atoms with Crippen LogP contribution in [0, 0.1) is 12.3 Å². The zero-order chi connectivity index (χ0) is 23.6. The Morgan fingerprint density at radius 2 is 1.79 bits per heavy atom. The summed E-state index contributed by atoms with van der Waals surface area (Å²) in [5, 5.41) is 0. The molecule has 0 saturated carbocycles. The lowest BCUT2D eigenvalue weighted by Gasteiger charge is -2.39. The zero-order valence-corrected chi connectivity index (χ0v) is 19.5. The highest BCUT2D eigenvalue weighted by atomic mass is 19.4. The summed E-state index contributed by atoms with van der Waals surface area (Å²) < 4.78 is 48.2. The molecule has 0 N–H and O–H groups in total. The van der Waals surface area contributed by atoms with Gasteiger partial charge < -0.3 is 19.3 Å². The minimum atomic E-state index is -4.53. The predicted octanol–water partition coefficient (Wildman–Crippen LogP) is 4.21. The van der Waals surface area contributed by atoms with Crippen molar-refractivity contribution in [2.75, 3.05) is 57.4 Å². The molecule has 3 fully saturated rings. The number of anilines is 1. The van der Waals surface area contributed by atoms with Crippen LogP contribution < -0.4 is 4.90 Å². The van der Waals surface area contributed by atoms with Gasteiger partial charge in [-0.05, 0) is 62.3 Å². The molecule has 3 heterocycles. The SMILES string of the molecule is Cc1ccc(CN2CCC3(CCN(C(=O)OC(C)C(F)(F)F)CC3)C2)c(N2CCOCC2)c1. The number of hydrogen-bond donors (Lipinski definition) is 0. The normalized spacial score (nSPS) is 22.6. The molecule has 3 aliphatic heterocycles. The van der Waals surface area contributed by atoms with E-state index in [1.54, 1.807) is 0 Å². The Bertz CT molecular complexity index is 834. The largest absolute Gasteiger partial charge is 0.437 e. The molecule has 1 atom stereocenters. The molecule has 0 radical (unpaired) electrons. The van der Waals surface area contributed by atoms with Crippen LogP contribution >= 0.6 is 0 Å². The fourth-order valence-corrected chi connectivity index (χ4v) is 5.17. The van der Waals surface area contributed by atoms with Gasteiger partial charge in [0.1, 0.15) is 0 Å². The molecule has 1 unspecified atom stereocenters. The van der Waals surface area contributed by atoms with E-state index >= 15 is 0 Å². The number of piperidine rings is 1. The lowest BCUT2D eigenvalue weighted by molar-refractivity contribution is -0.200. The number of ether oxygens (including phenoxy) is 2. The van der Waals surface area contributed by atoms with Crippen molar-refractivity contribution in [1.82, 2.24) is 9.80 Å². The van der Waals surface area contributed by atoms with Crippen molar-refractivity contribution in [2.45, 2.75) is 51.9 Å². The Morgan fingerprint density at radius 1 is 1.12 bits per heavy atom. The highest BCUT2D eigenvalue weighted by Gasteiger charge is 2.44. The number of morpholine rings is 1. The fraction of sp³-hybridized carbons (Fsp3) is 0.708. The van der Waals surface area contributed by atoms with Gasteiger partial charge in [0, 0.05) is 45.0 Å². The van der Waals surface area contributed by atoms with E-state index in [0.29, 0.717) is 13.1 Å². The van der Waals surface area contributed by atoms with E-state index in [9.17, 15) is 18.0 Å². The third kappa shape index (κ3) is 5.74. The fourth-order valence-electron chi connectivity index (χ4n) is 5.17. The summed E-state index contributed by atoms with van der Waals surface area (Å²) in [5.74, 6) is 0. The maximum absolute atomic E-state index is 12.7. The summed E-state index contributed by atoms with van der Waals surface area (Å²) in [5.41, 5.74) is 3.98. The van der Waals surface area contributed by atoms with Gasteiger partial charge in [-0.25, -0.2) is 4.79 Å². The molecule has 33 heavy (non-hydrogen) atoms. The van der Waals surface area contributed by atoms with Crippen molar-refractivity contribution in [2.24, 2.45) is 5.41 Å². The number of alkyl halides is 3. The van der Waals surface area contributed by atoms with Crippen molar-refractivity contribution in [3.8, 4) is 0 Å². The number of likely N-dealkylation sites (tertiary alicyclic amines) is 2. The molecule has 0 bridgehead atoms. The lowest BCUT2D eigenvalue weighted by atomic mass is 9.78. The van der Waals surface area contributed by atoms with Crippen molar-refractivity contribution in [3.05, 3.63) is 29.3 Å². The minimum absolute atomic E-state index is 0.121. The number of benzene rings is 1.